The normalized spacial score (nSPS) is 12.3. The van der Waals surface area contributed by atoms with Crippen molar-refractivity contribution in [1.29, 1.82) is 0 Å². The van der Waals surface area contributed by atoms with Gasteiger partial charge in [-0.1, -0.05) is 38.1 Å². The second-order valence-corrected chi connectivity index (χ2v) is 15.2. The molecule has 4 rings (SSSR count). The maximum Gasteiger partial charge on any atom is 0.336 e. The maximum absolute atomic E-state index is 13.2. The van der Waals surface area contributed by atoms with Crippen LogP contribution in [0.3, 0.4) is 0 Å². The number of hydrogen-bond acceptors (Lipinski definition) is 6. The molecule has 0 bridgehead atoms. The number of nitrogens with zero attached hydrogens (tertiary/aromatic N) is 5. The van der Waals surface area contributed by atoms with Crippen LogP contribution in [0.5, 0.6) is 11.6 Å². The van der Waals surface area contributed by atoms with Gasteiger partial charge < -0.3 is 14.1 Å². The molecule has 0 saturated heterocycles. The first-order chi connectivity index (χ1) is 16.4. The van der Waals surface area contributed by atoms with E-state index in [-0.39, 0.29) is 16.6 Å². The summed E-state index contributed by atoms with van der Waals surface area (Å²) in [5.74, 6) is 1.37. The molecule has 0 aliphatic rings. The van der Waals surface area contributed by atoms with Crippen LogP contribution in [0.4, 0.5) is 0 Å². The predicted molar refractivity (Wildman–Crippen MR) is 136 cm³/mol. The lowest BCUT2D eigenvalue weighted by molar-refractivity contribution is 0.391. The third-order valence-corrected chi connectivity index (χ3v) is 11.1. The molecule has 10 heteroatoms. The van der Waals surface area contributed by atoms with E-state index in [2.05, 4.69) is 44.1 Å². The Morgan fingerprint density at radius 3 is 2.54 bits per heavy atom. The standard InChI is InChI=1S/C25H33N5O4Si/c1-17-22(18(2)33-27-17)15-29-14-20(12-26-29)30-23(31)16-28(24(30)32)13-19-9-8-10-21(11-19)34-35(6,7)25(3,4)5/h8-12,14,16,31H,13,15H2,1-7H3. The van der Waals surface area contributed by atoms with Crippen molar-refractivity contribution >= 4 is 8.32 Å². The van der Waals surface area contributed by atoms with E-state index in [4.69, 9.17) is 8.95 Å². The van der Waals surface area contributed by atoms with E-state index in [0.717, 1.165) is 28.3 Å². The zero-order valence-corrected chi connectivity index (χ0v) is 22.4. The fraction of sp³-hybridized carbons (Fsp3) is 0.400. The molecule has 35 heavy (non-hydrogen) atoms. The highest BCUT2D eigenvalue weighted by molar-refractivity contribution is 6.74. The van der Waals surface area contributed by atoms with E-state index in [1.54, 1.807) is 17.1 Å². The van der Waals surface area contributed by atoms with Gasteiger partial charge in [0.2, 0.25) is 14.2 Å². The van der Waals surface area contributed by atoms with Gasteiger partial charge in [-0.15, -0.1) is 0 Å². The van der Waals surface area contributed by atoms with E-state index in [1.165, 1.54) is 15.3 Å². The molecule has 0 unspecified atom stereocenters. The van der Waals surface area contributed by atoms with Crippen LogP contribution in [0.1, 0.15) is 43.4 Å². The average molecular weight is 496 g/mol. The fourth-order valence-corrected chi connectivity index (χ4v) is 4.65. The summed E-state index contributed by atoms with van der Waals surface area (Å²) in [5.41, 5.74) is 2.77. The van der Waals surface area contributed by atoms with Gasteiger partial charge >= 0.3 is 5.69 Å². The smallest absolute Gasteiger partial charge is 0.336 e. The number of aromatic hydroxyl groups is 1. The van der Waals surface area contributed by atoms with Gasteiger partial charge in [-0.2, -0.15) is 5.10 Å². The molecule has 9 nitrogen and oxygen atoms in total. The summed E-state index contributed by atoms with van der Waals surface area (Å²) in [6.07, 6.45) is 4.71. The molecule has 186 valence electrons. The van der Waals surface area contributed by atoms with Crippen LogP contribution in [-0.2, 0) is 13.1 Å². The molecular weight excluding hydrogens is 462 g/mol. The minimum absolute atomic E-state index is 0.0823. The first kappa shape index (κ1) is 24.6. The van der Waals surface area contributed by atoms with Crippen molar-refractivity contribution in [2.24, 2.45) is 0 Å². The van der Waals surface area contributed by atoms with E-state index in [1.807, 2.05) is 38.1 Å². The Bertz CT molecular complexity index is 1380. The zero-order valence-electron chi connectivity index (χ0n) is 21.4. The number of imidazole rings is 1. The van der Waals surface area contributed by atoms with Gasteiger partial charge in [0, 0.05) is 11.8 Å². The molecule has 0 fully saturated rings. The van der Waals surface area contributed by atoms with Crippen LogP contribution >= 0.6 is 0 Å². The second-order valence-electron chi connectivity index (χ2n) is 10.4. The lowest BCUT2D eigenvalue weighted by Crippen LogP contribution is -2.43. The summed E-state index contributed by atoms with van der Waals surface area (Å²) in [5, 5.41) is 18.9. The van der Waals surface area contributed by atoms with E-state index in [0.29, 0.717) is 18.8 Å². The number of aryl methyl sites for hydroxylation is 2. The molecule has 0 atom stereocenters. The number of aromatic nitrogens is 5. The molecule has 1 aromatic carbocycles. The summed E-state index contributed by atoms with van der Waals surface area (Å²) in [6, 6.07) is 7.78. The SMILES string of the molecule is Cc1noc(C)c1Cn1cc(-n2c(O)cn(Cc3cccc(O[Si](C)(C)C(C)(C)C)c3)c2=O)cn1. The molecule has 3 aromatic heterocycles. The highest BCUT2D eigenvalue weighted by Gasteiger charge is 2.39. The molecule has 0 saturated carbocycles. The molecule has 4 aromatic rings. The predicted octanol–water partition coefficient (Wildman–Crippen LogP) is 4.63. The highest BCUT2D eigenvalue weighted by Crippen LogP contribution is 2.37. The van der Waals surface area contributed by atoms with Crippen LogP contribution in [-0.4, -0.2) is 37.5 Å². The van der Waals surface area contributed by atoms with Gasteiger partial charge in [-0.3, -0.25) is 9.25 Å². The van der Waals surface area contributed by atoms with Gasteiger partial charge in [0.25, 0.3) is 0 Å². The Kier molecular flexibility index (Phi) is 6.26. The van der Waals surface area contributed by atoms with Crippen molar-refractivity contribution in [2.45, 2.75) is 65.8 Å². The van der Waals surface area contributed by atoms with Crippen molar-refractivity contribution in [2.75, 3.05) is 0 Å². The lowest BCUT2D eigenvalue weighted by Gasteiger charge is -2.36. The largest absolute Gasteiger partial charge is 0.543 e. The Balaban J connectivity index is 1.56. The Morgan fingerprint density at radius 2 is 1.89 bits per heavy atom. The van der Waals surface area contributed by atoms with E-state index in [9.17, 15) is 9.90 Å². The van der Waals surface area contributed by atoms with Crippen LogP contribution in [0.15, 0.2) is 52.2 Å². The second kappa shape index (κ2) is 8.92. The van der Waals surface area contributed by atoms with Crippen molar-refractivity contribution in [3.8, 4) is 17.3 Å². The molecule has 1 N–H and O–H groups in total. The minimum atomic E-state index is -1.98. The lowest BCUT2D eigenvalue weighted by atomic mass is 10.2. The molecule has 0 aliphatic carbocycles. The van der Waals surface area contributed by atoms with Crippen molar-refractivity contribution in [1.82, 2.24) is 24.1 Å². The quantitative estimate of drug-likeness (QED) is 0.375. The van der Waals surface area contributed by atoms with Crippen LogP contribution in [0.2, 0.25) is 18.1 Å². The summed E-state index contributed by atoms with van der Waals surface area (Å²) < 4.78 is 16.0. The van der Waals surface area contributed by atoms with E-state index < -0.39 is 8.32 Å². The summed E-state index contributed by atoms with van der Waals surface area (Å²) in [7, 11) is -1.98. The number of hydrogen-bond donors (Lipinski definition) is 1. The first-order valence-corrected chi connectivity index (χ1v) is 14.5. The van der Waals surface area contributed by atoms with Crippen molar-refractivity contribution < 1.29 is 14.1 Å². The van der Waals surface area contributed by atoms with Gasteiger partial charge in [-0.25, -0.2) is 9.36 Å². The fourth-order valence-electron chi connectivity index (χ4n) is 3.63. The van der Waals surface area contributed by atoms with Crippen molar-refractivity contribution in [3.63, 3.8) is 0 Å². The highest BCUT2D eigenvalue weighted by atomic mass is 28.4. The third-order valence-electron chi connectivity index (χ3n) is 6.75. The van der Waals surface area contributed by atoms with Crippen LogP contribution in [0, 0.1) is 13.8 Å². The zero-order chi connectivity index (χ0) is 25.5. The minimum Gasteiger partial charge on any atom is -0.543 e. The van der Waals surface area contributed by atoms with E-state index >= 15 is 0 Å². The van der Waals surface area contributed by atoms with Gasteiger partial charge in [0.15, 0.2) is 0 Å². The third kappa shape index (κ3) is 4.97. The number of rotatable bonds is 7. The molecule has 0 aliphatic heterocycles. The van der Waals surface area contributed by atoms with Gasteiger partial charge in [0.1, 0.15) is 11.5 Å². The monoisotopic (exact) mass is 495 g/mol. The topological polar surface area (TPSA) is 100 Å². The number of benzene rings is 1. The van der Waals surface area contributed by atoms with Crippen LogP contribution in [0.25, 0.3) is 5.69 Å². The molecule has 0 radical (unpaired) electrons. The first-order valence-electron chi connectivity index (χ1n) is 11.6. The summed E-state index contributed by atoms with van der Waals surface area (Å²) >= 11 is 0. The van der Waals surface area contributed by atoms with Crippen LogP contribution < -0.4 is 10.1 Å². The summed E-state index contributed by atoms with van der Waals surface area (Å²) in [4.78, 5) is 13.2. The molecular formula is C25H33N5O4Si. The maximum atomic E-state index is 13.2. The Morgan fingerprint density at radius 1 is 1.14 bits per heavy atom. The molecule has 0 amide bonds. The molecule has 3 heterocycles. The van der Waals surface area contributed by atoms with Gasteiger partial charge in [0.05, 0.1) is 36.9 Å². The Labute approximate surface area is 205 Å². The molecule has 0 spiro atoms. The van der Waals surface area contributed by atoms with Crippen molar-refractivity contribution in [3.05, 3.63) is 75.9 Å². The van der Waals surface area contributed by atoms with Gasteiger partial charge in [-0.05, 0) is 49.7 Å². The average Bonchev–Trinajstić information content (AvgIpc) is 3.41. The Hall–Kier alpha value is -3.53. The summed E-state index contributed by atoms with van der Waals surface area (Å²) in [6.45, 7) is 15.5.